The van der Waals surface area contributed by atoms with Crippen LogP contribution in [0.25, 0.3) is 0 Å². The normalized spacial score (nSPS) is 19.1. The number of amides is 2. The van der Waals surface area contributed by atoms with E-state index in [-0.39, 0.29) is 43.0 Å². The summed E-state index contributed by atoms with van der Waals surface area (Å²) >= 11 is 0. The summed E-state index contributed by atoms with van der Waals surface area (Å²) in [5.74, 6) is -0.0422. The van der Waals surface area contributed by atoms with E-state index in [9.17, 15) is 14.4 Å². The molecule has 0 bridgehead atoms. The van der Waals surface area contributed by atoms with E-state index < -0.39 is 17.6 Å². The molecular weight excluding hydrogens is 619 g/mol. The van der Waals surface area contributed by atoms with Crippen molar-refractivity contribution in [2.24, 2.45) is 18.9 Å². The van der Waals surface area contributed by atoms with Crippen LogP contribution in [-0.2, 0) is 32.7 Å². The number of nitrogens with zero attached hydrogens (tertiary/aromatic N) is 2. The van der Waals surface area contributed by atoms with E-state index in [2.05, 4.69) is 13.8 Å². The fourth-order valence-electron chi connectivity index (χ4n) is 5.92. The Hall–Kier alpha value is -1.55. The van der Waals surface area contributed by atoms with Crippen molar-refractivity contribution in [2.75, 3.05) is 13.2 Å². The number of carbonyl (C=O) groups excluding carboxylic acids is 3. The highest BCUT2D eigenvalue weighted by Crippen LogP contribution is 2.41. The second-order valence-corrected chi connectivity index (χ2v) is 11.3. The van der Waals surface area contributed by atoms with Gasteiger partial charge in [-0.3, -0.25) is 9.59 Å². The van der Waals surface area contributed by atoms with E-state index in [0.29, 0.717) is 12.5 Å². The largest absolute Gasteiger partial charge is 1.00 e. The average molecular weight is 673 g/mol. The molecule has 0 aliphatic carbocycles. The number of unbranched alkanes of at least 4 members (excludes halogenated alkanes) is 9. The highest BCUT2D eigenvalue weighted by molar-refractivity contribution is 5.90. The zero-order chi connectivity index (χ0) is 28.5. The van der Waals surface area contributed by atoms with E-state index >= 15 is 0 Å². The summed E-state index contributed by atoms with van der Waals surface area (Å²) in [5, 5.41) is 0. The molecule has 1 unspecified atom stereocenters. The van der Waals surface area contributed by atoms with Crippen LogP contribution in [0.2, 0.25) is 0 Å². The minimum Gasteiger partial charge on any atom is -1.00 e. The number of imide groups is 1. The molecule has 2 amide bonds. The SMILES string of the molecule is CCCCCCCCCCCCC(CCC)[C@H]1CCO[C@]1(C=O)COC(=O)N(Cc1cccc[n+]1C)C(C)=O.[I-]. The summed E-state index contributed by atoms with van der Waals surface area (Å²) in [6.07, 6.45) is 18.9. The fraction of sp³-hybridized carbons (Fsp3) is 0.750. The Labute approximate surface area is 259 Å². The van der Waals surface area contributed by atoms with Crippen LogP contribution >= 0.6 is 0 Å². The first-order valence-electron chi connectivity index (χ1n) is 15.4. The molecule has 7 nitrogen and oxygen atoms in total. The maximum absolute atomic E-state index is 13.0. The number of ether oxygens (including phenoxy) is 2. The molecule has 0 N–H and O–H groups in total. The van der Waals surface area contributed by atoms with E-state index in [1.807, 2.05) is 36.0 Å². The van der Waals surface area contributed by atoms with Crippen LogP contribution in [0.5, 0.6) is 0 Å². The molecule has 2 heterocycles. The van der Waals surface area contributed by atoms with Gasteiger partial charge in [0.05, 0.1) is 0 Å². The Kier molecular flexibility index (Phi) is 18.6. The lowest BCUT2D eigenvalue weighted by atomic mass is 9.74. The second-order valence-electron chi connectivity index (χ2n) is 11.3. The lowest BCUT2D eigenvalue weighted by Crippen LogP contribution is -3.00. The zero-order valence-electron chi connectivity index (χ0n) is 25.4. The van der Waals surface area contributed by atoms with Crippen molar-refractivity contribution in [3.63, 3.8) is 0 Å². The summed E-state index contributed by atoms with van der Waals surface area (Å²) in [5.41, 5.74) is -0.349. The predicted octanol–water partition coefficient (Wildman–Crippen LogP) is 3.70. The number of hydrogen-bond acceptors (Lipinski definition) is 5. The molecule has 8 heteroatoms. The van der Waals surface area contributed by atoms with Crippen LogP contribution in [0, 0.1) is 11.8 Å². The van der Waals surface area contributed by atoms with Gasteiger partial charge in [0.15, 0.2) is 18.1 Å². The lowest BCUT2D eigenvalue weighted by Gasteiger charge is -2.34. The summed E-state index contributed by atoms with van der Waals surface area (Å²) in [6.45, 7) is 6.19. The van der Waals surface area contributed by atoms with Crippen LogP contribution in [0.1, 0.15) is 116 Å². The number of carbonyl (C=O) groups is 3. The summed E-state index contributed by atoms with van der Waals surface area (Å²) in [4.78, 5) is 38.8. The minimum atomic E-state index is -1.14. The quantitative estimate of drug-likeness (QED) is 0.0971. The standard InChI is InChI=1S/C32H53N2O5.HI/c1-5-7-8-9-10-11-12-13-14-15-19-28(18-6-2)30-21-23-39-32(30,25-35)26-38-31(37)34(27(3)36)24-29-20-16-17-22-33(29)4;/h16-17,20,22,25,28,30H,5-15,18-19,21,23-24,26H2,1-4H3;1H/q+1;/p-1/t28?,30-,32-;/m1./s1. The van der Waals surface area contributed by atoms with Gasteiger partial charge in [-0.05, 0) is 12.3 Å². The molecule has 0 radical (unpaired) electrons. The Morgan fingerprint density at radius 2 is 1.70 bits per heavy atom. The second kappa shape index (κ2) is 20.3. The van der Waals surface area contributed by atoms with Crippen LogP contribution in [-0.4, -0.2) is 42.0 Å². The van der Waals surface area contributed by atoms with Crippen molar-refractivity contribution >= 4 is 18.3 Å². The smallest absolute Gasteiger partial charge is 0.417 e. The van der Waals surface area contributed by atoms with Crippen LogP contribution < -0.4 is 28.5 Å². The van der Waals surface area contributed by atoms with E-state index in [0.717, 1.165) is 49.0 Å². The number of rotatable bonds is 19. The summed E-state index contributed by atoms with van der Waals surface area (Å²) < 4.78 is 13.5. The number of aromatic nitrogens is 1. The van der Waals surface area contributed by atoms with Gasteiger partial charge < -0.3 is 33.5 Å². The molecule has 3 atom stereocenters. The predicted molar refractivity (Wildman–Crippen MR) is 153 cm³/mol. The molecule has 0 saturated carbocycles. The van der Waals surface area contributed by atoms with Crippen LogP contribution in [0.15, 0.2) is 24.4 Å². The maximum Gasteiger partial charge on any atom is 0.417 e. The lowest BCUT2D eigenvalue weighted by molar-refractivity contribution is -0.679. The average Bonchev–Trinajstić information content (AvgIpc) is 3.35. The molecule has 0 aromatic carbocycles. The molecule has 1 saturated heterocycles. The van der Waals surface area contributed by atoms with Crippen LogP contribution in [0.4, 0.5) is 4.79 Å². The van der Waals surface area contributed by atoms with Gasteiger partial charge in [-0.25, -0.2) is 14.3 Å². The van der Waals surface area contributed by atoms with Crippen molar-refractivity contribution in [3.8, 4) is 0 Å². The minimum absolute atomic E-state index is 0. The van der Waals surface area contributed by atoms with Gasteiger partial charge in [-0.15, -0.1) is 0 Å². The first kappa shape index (κ1) is 36.5. The Balaban J connectivity index is 0.00000800. The molecule has 2 rings (SSSR count). The number of halogens is 1. The van der Waals surface area contributed by atoms with Crippen molar-refractivity contribution in [2.45, 2.75) is 123 Å². The van der Waals surface area contributed by atoms with Crippen molar-refractivity contribution < 1.29 is 52.4 Å². The number of aryl methyl sites for hydroxylation is 1. The van der Waals surface area contributed by atoms with E-state index in [1.54, 1.807) is 0 Å². The third kappa shape index (κ3) is 11.7. The van der Waals surface area contributed by atoms with Gasteiger partial charge in [0.25, 0.3) is 0 Å². The number of hydrogen-bond donors (Lipinski definition) is 0. The fourth-order valence-corrected chi connectivity index (χ4v) is 5.92. The molecule has 1 aromatic rings. The van der Waals surface area contributed by atoms with Crippen LogP contribution in [0.3, 0.4) is 0 Å². The first-order chi connectivity index (χ1) is 18.9. The molecule has 1 aliphatic rings. The summed E-state index contributed by atoms with van der Waals surface area (Å²) in [7, 11) is 1.86. The van der Waals surface area contributed by atoms with Gasteiger partial charge in [-0.2, -0.15) is 0 Å². The van der Waals surface area contributed by atoms with E-state index in [4.69, 9.17) is 9.47 Å². The Morgan fingerprint density at radius 3 is 2.27 bits per heavy atom. The molecule has 228 valence electrons. The molecule has 0 spiro atoms. The highest BCUT2D eigenvalue weighted by Gasteiger charge is 2.49. The monoisotopic (exact) mass is 672 g/mol. The van der Waals surface area contributed by atoms with Gasteiger partial charge in [-0.1, -0.05) is 103 Å². The van der Waals surface area contributed by atoms with Crippen molar-refractivity contribution in [1.29, 1.82) is 0 Å². The topological polar surface area (TPSA) is 76.8 Å². The summed E-state index contributed by atoms with van der Waals surface area (Å²) in [6, 6.07) is 5.60. The van der Waals surface area contributed by atoms with Crippen molar-refractivity contribution in [3.05, 3.63) is 30.1 Å². The molecule has 1 aromatic heterocycles. The van der Waals surface area contributed by atoms with E-state index in [1.165, 1.54) is 64.7 Å². The maximum atomic E-state index is 13.0. The number of aldehydes is 1. The number of pyridine rings is 1. The Morgan fingerprint density at radius 1 is 1.05 bits per heavy atom. The van der Waals surface area contributed by atoms with Gasteiger partial charge in [0.2, 0.25) is 11.6 Å². The van der Waals surface area contributed by atoms with Crippen molar-refractivity contribution in [1.82, 2.24) is 4.90 Å². The molecule has 1 aliphatic heterocycles. The highest BCUT2D eigenvalue weighted by atomic mass is 127. The molecular formula is C32H53IN2O5. The Bertz CT molecular complexity index is 883. The third-order valence-corrected chi connectivity index (χ3v) is 8.29. The first-order valence-corrected chi connectivity index (χ1v) is 15.4. The molecule has 40 heavy (non-hydrogen) atoms. The van der Waals surface area contributed by atoms with Gasteiger partial charge in [0.1, 0.15) is 20.2 Å². The molecule has 1 fully saturated rings. The zero-order valence-corrected chi connectivity index (χ0v) is 27.5. The van der Waals surface area contributed by atoms with Gasteiger partial charge in [0, 0.05) is 31.6 Å². The van der Waals surface area contributed by atoms with Gasteiger partial charge >= 0.3 is 6.09 Å². The third-order valence-electron chi connectivity index (χ3n) is 8.29.